The van der Waals surface area contributed by atoms with E-state index in [1.54, 1.807) is 0 Å². The fourth-order valence-electron chi connectivity index (χ4n) is 1.26. The Kier molecular flexibility index (Phi) is 4.65. The Hall–Kier alpha value is -1.53. The van der Waals surface area contributed by atoms with E-state index in [-0.39, 0.29) is 5.76 Å². The van der Waals surface area contributed by atoms with Crippen LogP contribution in [-0.2, 0) is 6.42 Å². The molecule has 0 fully saturated rings. The molecule has 78 valence electrons. The Morgan fingerprint density at radius 1 is 1.40 bits per heavy atom. The number of aliphatic hydroxyl groups excluding tert-OH is 1. The second-order valence-electron chi connectivity index (χ2n) is 3.22. The smallest absolute Gasteiger partial charge is 0.387 e. The van der Waals surface area contributed by atoms with Crippen LogP contribution in [0.5, 0.6) is 0 Å². The molecule has 4 heteroatoms. The highest BCUT2D eigenvalue weighted by molar-refractivity contribution is 6.30. The topological polar surface area (TPSA) is 48.4 Å². The van der Waals surface area contributed by atoms with Crippen molar-refractivity contribution in [3.8, 4) is 0 Å². The van der Waals surface area contributed by atoms with Gasteiger partial charge < -0.3 is 5.11 Å². The number of allylic oxidation sites excluding steroid dienone is 1. The van der Waals surface area contributed by atoms with Crippen molar-refractivity contribution in [3.05, 3.63) is 51.8 Å². The van der Waals surface area contributed by atoms with Crippen molar-refractivity contribution in [2.24, 2.45) is 0 Å². The molecule has 15 heavy (non-hydrogen) atoms. The molecule has 0 bridgehead atoms. The zero-order valence-electron chi connectivity index (χ0n) is 8.23. The summed E-state index contributed by atoms with van der Waals surface area (Å²) >= 11 is 5.75. The Balaban J connectivity index is 2.36. The monoisotopic (exact) mass is 223 g/mol. The molecule has 0 radical (unpaired) electrons. The van der Waals surface area contributed by atoms with E-state index in [9.17, 15) is 0 Å². The zero-order valence-corrected chi connectivity index (χ0v) is 8.98. The number of hydrogen-bond acceptors (Lipinski definition) is 2. The Morgan fingerprint density at radius 2 is 2.07 bits per heavy atom. The zero-order chi connectivity index (χ0) is 11.1. The van der Waals surface area contributed by atoms with Gasteiger partial charge in [-0.1, -0.05) is 23.7 Å². The van der Waals surface area contributed by atoms with Gasteiger partial charge in [-0.05, 0) is 30.5 Å². The standard InChI is InChI=1S/C11H11ClN2O/c12-10-6-4-9(5-7-10)2-1-3-11(15)8-14-13/h4-8H,1-3H2/p+1/b11-8+. The van der Waals surface area contributed by atoms with E-state index in [1.165, 1.54) is 5.56 Å². The largest absolute Gasteiger partial charge is 0.505 e. The lowest BCUT2D eigenvalue weighted by Crippen LogP contribution is -1.87. The molecular formula is C11H12ClN2O+. The minimum atomic E-state index is 0.0893. The third kappa shape index (κ3) is 4.48. The fourth-order valence-corrected chi connectivity index (χ4v) is 1.38. The minimum absolute atomic E-state index is 0.0893. The second kappa shape index (κ2) is 6.05. The van der Waals surface area contributed by atoms with Crippen molar-refractivity contribution in [1.82, 2.24) is 0 Å². The molecule has 0 heterocycles. The number of nitrogens with zero attached hydrogens (tertiary/aromatic N) is 2. The lowest BCUT2D eigenvalue weighted by molar-refractivity contribution is 0.384. The van der Waals surface area contributed by atoms with Crippen LogP contribution in [0.1, 0.15) is 18.4 Å². The van der Waals surface area contributed by atoms with E-state index in [0.29, 0.717) is 6.42 Å². The van der Waals surface area contributed by atoms with Gasteiger partial charge in [-0.15, -0.1) is 0 Å². The first-order valence-corrected chi connectivity index (χ1v) is 5.07. The van der Waals surface area contributed by atoms with Crippen molar-refractivity contribution in [3.63, 3.8) is 0 Å². The summed E-state index contributed by atoms with van der Waals surface area (Å²) in [7, 11) is 0. The number of benzene rings is 1. The average molecular weight is 224 g/mol. The van der Waals surface area contributed by atoms with Crippen LogP contribution in [0.2, 0.25) is 5.02 Å². The normalized spacial score (nSPS) is 11.1. The number of halogens is 1. The summed E-state index contributed by atoms with van der Waals surface area (Å²) in [6.07, 6.45) is 3.22. The van der Waals surface area contributed by atoms with Gasteiger partial charge >= 0.3 is 6.20 Å². The van der Waals surface area contributed by atoms with Gasteiger partial charge in [-0.25, -0.2) is 0 Å². The maximum Gasteiger partial charge on any atom is 0.387 e. The number of diazo groups is 1. The van der Waals surface area contributed by atoms with Crippen LogP contribution < -0.4 is 0 Å². The van der Waals surface area contributed by atoms with E-state index in [1.807, 2.05) is 24.3 Å². The minimum Gasteiger partial charge on any atom is -0.505 e. The molecule has 0 unspecified atom stereocenters. The molecule has 3 nitrogen and oxygen atoms in total. The van der Waals surface area contributed by atoms with E-state index >= 15 is 0 Å². The SMILES string of the molecule is N#[N+]/C=C(/O)CCCc1ccc(Cl)cc1. The van der Waals surface area contributed by atoms with Gasteiger partial charge in [0.15, 0.2) is 10.7 Å². The first kappa shape index (κ1) is 11.5. The van der Waals surface area contributed by atoms with Gasteiger partial charge in [0.1, 0.15) is 0 Å². The van der Waals surface area contributed by atoms with Crippen LogP contribution in [0, 0.1) is 5.39 Å². The molecule has 0 aromatic heterocycles. The summed E-state index contributed by atoms with van der Waals surface area (Å²) in [4.78, 5) is 2.74. The van der Waals surface area contributed by atoms with E-state index in [4.69, 9.17) is 22.1 Å². The molecule has 0 aliphatic carbocycles. The predicted molar refractivity (Wildman–Crippen MR) is 60.2 cm³/mol. The van der Waals surface area contributed by atoms with Crippen molar-refractivity contribution in [2.75, 3.05) is 0 Å². The number of rotatable bonds is 4. The predicted octanol–water partition coefficient (Wildman–Crippen LogP) is 3.92. The van der Waals surface area contributed by atoms with Gasteiger partial charge in [0.2, 0.25) is 5.39 Å². The fraction of sp³-hybridized carbons (Fsp3) is 0.273. The number of hydrogen-bond donors (Lipinski definition) is 1. The summed E-state index contributed by atoms with van der Waals surface area (Å²) in [5.41, 5.74) is 1.17. The number of aryl methyl sites for hydroxylation is 1. The van der Waals surface area contributed by atoms with Crippen molar-refractivity contribution in [1.29, 1.82) is 5.39 Å². The molecule has 1 N–H and O–H groups in total. The van der Waals surface area contributed by atoms with Crippen LogP contribution >= 0.6 is 11.6 Å². The third-order valence-corrected chi connectivity index (χ3v) is 2.27. The Bertz CT molecular complexity index is 379. The quantitative estimate of drug-likeness (QED) is 0.621. The van der Waals surface area contributed by atoms with Crippen LogP contribution in [-0.4, -0.2) is 5.11 Å². The van der Waals surface area contributed by atoms with Crippen molar-refractivity contribution >= 4 is 11.6 Å². The lowest BCUT2D eigenvalue weighted by atomic mass is 10.1. The lowest BCUT2D eigenvalue weighted by Gasteiger charge is -1.99. The maximum absolute atomic E-state index is 9.16. The molecule has 0 amide bonds. The van der Waals surface area contributed by atoms with Crippen molar-refractivity contribution in [2.45, 2.75) is 19.3 Å². The summed E-state index contributed by atoms with van der Waals surface area (Å²) in [5.74, 6) is 0.0893. The molecule has 0 saturated carbocycles. The van der Waals surface area contributed by atoms with Gasteiger partial charge in [0.05, 0.1) is 0 Å². The second-order valence-corrected chi connectivity index (χ2v) is 3.65. The van der Waals surface area contributed by atoms with E-state index in [2.05, 4.69) is 4.98 Å². The summed E-state index contributed by atoms with van der Waals surface area (Å²) < 4.78 is 0. The van der Waals surface area contributed by atoms with Crippen LogP contribution in [0.4, 0.5) is 0 Å². The molecular weight excluding hydrogens is 212 g/mol. The van der Waals surface area contributed by atoms with Gasteiger partial charge in [-0.3, -0.25) is 0 Å². The maximum atomic E-state index is 9.16. The highest BCUT2D eigenvalue weighted by Crippen LogP contribution is 2.12. The molecule has 1 aromatic rings. The Morgan fingerprint density at radius 3 is 2.67 bits per heavy atom. The molecule has 0 aliphatic heterocycles. The summed E-state index contributed by atoms with van der Waals surface area (Å²) in [6.45, 7) is 0. The molecule has 1 aromatic carbocycles. The molecule has 0 spiro atoms. The third-order valence-electron chi connectivity index (χ3n) is 2.02. The van der Waals surface area contributed by atoms with Gasteiger partial charge in [-0.2, -0.15) is 0 Å². The first-order chi connectivity index (χ1) is 7.22. The van der Waals surface area contributed by atoms with Crippen LogP contribution in [0.3, 0.4) is 0 Å². The van der Waals surface area contributed by atoms with E-state index in [0.717, 1.165) is 24.1 Å². The highest BCUT2D eigenvalue weighted by Gasteiger charge is 2.00. The number of aliphatic hydroxyl groups is 1. The van der Waals surface area contributed by atoms with Crippen molar-refractivity contribution < 1.29 is 5.11 Å². The summed E-state index contributed by atoms with van der Waals surface area (Å²) in [6, 6.07) is 7.60. The van der Waals surface area contributed by atoms with E-state index < -0.39 is 0 Å². The molecule has 0 saturated heterocycles. The van der Waals surface area contributed by atoms with Gasteiger partial charge in [0, 0.05) is 11.4 Å². The first-order valence-electron chi connectivity index (χ1n) is 4.69. The highest BCUT2D eigenvalue weighted by atomic mass is 35.5. The summed E-state index contributed by atoms with van der Waals surface area (Å²) in [5, 5.41) is 18.0. The molecule has 0 aliphatic rings. The van der Waals surface area contributed by atoms with Crippen LogP contribution in [0.25, 0.3) is 4.98 Å². The average Bonchev–Trinajstić information content (AvgIpc) is 2.21. The van der Waals surface area contributed by atoms with Gasteiger partial charge in [0.25, 0.3) is 0 Å². The Labute approximate surface area is 93.6 Å². The van der Waals surface area contributed by atoms with Crippen LogP contribution in [0.15, 0.2) is 36.2 Å². The molecule has 1 rings (SSSR count). The molecule has 0 atom stereocenters.